The highest BCUT2D eigenvalue weighted by Crippen LogP contribution is 2.37. The van der Waals surface area contributed by atoms with Crippen molar-refractivity contribution in [3.05, 3.63) is 12.1 Å². The first-order chi connectivity index (χ1) is 9.26. The van der Waals surface area contributed by atoms with Gasteiger partial charge >= 0.3 is 0 Å². The monoisotopic (exact) mass is 268 g/mol. The number of hydrogen-bond acceptors (Lipinski definition) is 5. The molecule has 1 aromatic rings. The number of benzene rings is 1. The van der Waals surface area contributed by atoms with Gasteiger partial charge in [-0.2, -0.15) is 0 Å². The van der Waals surface area contributed by atoms with Crippen LogP contribution < -0.4 is 24.8 Å². The number of ether oxygens (including phenoxy) is 3. The van der Waals surface area contributed by atoms with Crippen LogP contribution in [0.3, 0.4) is 0 Å². The van der Waals surface area contributed by atoms with Gasteiger partial charge in [0.05, 0.1) is 27.0 Å². The molecule has 0 aliphatic rings. The Bertz CT molecular complexity index is 383. The largest absolute Gasteiger partial charge is 0.494 e. The lowest BCUT2D eigenvalue weighted by Gasteiger charge is -2.15. The highest BCUT2D eigenvalue weighted by Gasteiger charge is 2.11. The van der Waals surface area contributed by atoms with Crippen molar-refractivity contribution in [2.24, 2.45) is 0 Å². The fourth-order valence-corrected chi connectivity index (χ4v) is 1.82. The molecule has 1 rings (SSSR count). The summed E-state index contributed by atoms with van der Waals surface area (Å²) in [5, 5.41) is 6.49. The Labute approximate surface area is 115 Å². The van der Waals surface area contributed by atoms with Crippen LogP contribution in [0.2, 0.25) is 0 Å². The molecule has 0 saturated carbocycles. The Morgan fingerprint density at radius 1 is 0.842 bits per heavy atom. The Hall–Kier alpha value is -1.62. The van der Waals surface area contributed by atoms with E-state index in [-0.39, 0.29) is 0 Å². The number of methoxy groups -OCH3 is 3. The molecule has 0 fully saturated rings. The first kappa shape index (κ1) is 15.4. The number of rotatable bonds is 9. The predicted octanol–water partition coefficient (Wildman–Crippen LogP) is 2.12. The van der Waals surface area contributed by atoms with Gasteiger partial charge in [0, 0.05) is 18.7 Å². The van der Waals surface area contributed by atoms with E-state index in [4.69, 9.17) is 14.2 Å². The average molecular weight is 268 g/mol. The van der Waals surface area contributed by atoms with Gasteiger partial charge < -0.3 is 24.8 Å². The molecule has 0 aliphatic carbocycles. The van der Waals surface area contributed by atoms with Crippen LogP contribution in [0.25, 0.3) is 0 Å². The third kappa shape index (κ3) is 4.52. The second kappa shape index (κ2) is 8.48. The molecule has 0 bridgehead atoms. The molecule has 5 heteroatoms. The van der Waals surface area contributed by atoms with Gasteiger partial charge in [-0.05, 0) is 26.4 Å². The minimum Gasteiger partial charge on any atom is -0.494 e. The molecule has 19 heavy (non-hydrogen) atoms. The van der Waals surface area contributed by atoms with Gasteiger partial charge in [0.2, 0.25) is 0 Å². The lowest BCUT2D eigenvalue weighted by molar-refractivity contribution is 0.349. The van der Waals surface area contributed by atoms with E-state index < -0.39 is 0 Å². The Kier molecular flexibility index (Phi) is 6.89. The molecule has 0 atom stereocenters. The van der Waals surface area contributed by atoms with Crippen LogP contribution in [0.5, 0.6) is 17.2 Å². The molecule has 0 heterocycles. The summed E-state index contributed by atoms with van der Waals surface area (Å²) in [6.45, 7) is 1.93. The maximum absolute atomic E-state index is 5.36. The number of nitrogens with one attached hydrogen (secondary N) is 2. The molecule has 0 radical (unpaired) electrons. The maximum atomic E-state index is 5.36. The normalized spacial score (nSPS) is 10.1. The second-order valence-electron chi connectivity index (χ2n) is 4.14. The van der Waals surface area contributed by atoms with E-state index in [1.807, 2.05) is 19.2 Å². The highest BCUT2D eigenvalue weighted by atomic mass is 16.5. The summed E-state index contributed by atoms with van der Waals surface area (Å²) in [5.41, 5.74) is 0.921. The Morgan fingerprint density at radius 3 is 2.00 bits per heavy atom. The molecule has 5 nitrogen and oxygen atoms in total. The zero-order valence-electron chi connectivity index (χ0n) is 12.2. The molecular weight excluding hydrogens is 244 g/mol. The summed E-state index contributed by atoms with van der Waals surface area (Å²) in [7, 11) is 6.85. The molecule has 0 spiro atoms. The highest BCUT2D eigenvalue weighted by molar-refractivity contribution is 5.64. The summed E-state index contributed by atoms with van der Waals surface area (Å²) in [5.74, 6) is 2.12. The minimum absolute atomic E-state index is 0.667. The van der Waals surface area contributed by atoms with Crippen LogP contribution in [0.1, 0.15) is 12.8 Å². The lowest BCUT2D eigenvalue weighted by atomic mass is 10.2. The first-order valence-electron chi connectivity index (χ1n) is 6.45. The van der Waals surface area contributed by atoms with Gasteiger partial charge in [0.15, 0.2) is 11.5 Å². The van der Waals surface area contributed by atoms with Crippen molar-refractivity contribution >= 4 is 5.69 Å². The van der Waals surface area contributed by atoms with Crippen LogP contribution in [0, 0.1) is 0 Å². The topological polar surface area (TPSA) is 51.8 Å². The Morgan fingerprint density at radius 2 is 1.42 bits per heavy atom. The predicted molar refractivity (Wildman–Crippen MR) is 77.7 cm³/mol. The minimum atomic E-state index is 0.667. The maximum Gasteiger partial charge on any atom is 0.164 e. The quantitative estimate of drug-likeness (QED) is 0.672. The van der Waals surface area contributed by atoms with Crippen molar-refractivity contribution in [2.75, 3.05) is 46.8 Å². The van der Waals surface area contributed by atoms with E-state index in [0.29, 0.717) is 11.5 Å². The number of unbranched alkanes of at least 4 members (excludes halogenated alkanes) is 1. The van der Waals surface area contributed by atoms with Crippen LogP contribution in [0.15, 0.2) is 12.1 Å². The summed E-state index contributed by atoms with van der Waals surface area (Å²) in [6.07, 6.45) is 2.23. The molecule has 0 aromatic heterocycles. The number of hydrogen-bond donors (Lipinski definition) is 2. The zero-order chi connectivity index (χ0) is 14.1. The van der Waals surface area contributed by atoms with Crippen molar-refractivity contribution in [3.63, 3.8) is 0 Å². The van der Waals surface area contributed by atoms with E-state index in [1.54, 1.807) is 21.3 Å². The fourth-order valence-electron chi connectivity index (χ4n) is 1.82. The molecule has 0 saturated heterocycles. The van der Waals surface area contributed by atoms with Gasteiger partial charge in [0.1, 0.15) is 5.75 Å². The van der Waals surface area contributed by atoms with Gasteiger partial charge in [-0.1, -0.05) is 0 Å². The van der Waals surface area contributed by atoms with Crippen molar-refractivity contribution in [2.45, 2.75) is 12.8 Å². The lowest BCUT2D eigenvalue weighted by Crippen LogP contribution is -2.10. The third-order valence-electron chi connectivity index (χ3n) is 2.87. The van der Waals surface area contributed by atoms with Crippen molar-refractivity contribution in [3.8, 4) is 17.2 Å². The molecule has 108 valence electrons. The van der Waals surface area contributed by atoms with Gasteiger partial charge in [0.25, 0.3) is 0 Å². The Balaban J connectivity index is 2.70. The summed E-state index contributed by atoms with van der Waals surface area (Å²) < 4.78 is 15.9. The molecule has 0 unspecified atom stereocenters. The standard InChI is InChI=1S/C14H24N2O3/c1-15-7-5-6-8-16-11-9-13(18-3)14(19-4)10-12(11)17-2/h9-10,15-16H,5-8H2,1-4H3. The van der Waals surface area contributed by atoms with Crippen LogP contribution in [-0.2, 0) is 0 Å². The molecule has 1 aromatic carbocycles. The zero-order valence-corrected chi connectivity index (χ0v) is 12.2. The average Bonchev–Trinajstić information content (AvgIpc) is 2.46. The molecule has 0 amide bonds. The van der Waals surface area contributed by atoms with E-state index in [0.717, 1.165) is 37.4 Å². The van der Waals surface area contributed by atoms with E-state index >= 15 is 0 Å². The second-order valence-corrected chi connectivity index (χ2v) is 4.14. The molecular formula is C14H24N2O3. The SMILES string of the molecule is CNCCCCNc1cc(OC)c(OC)cc1OC. The van der Waals surface area contributed by atoms with Crippen LogP contribution in [-0.4, -0.2) is 41.5 Å². The van der Waals surface area contributed by atoms with Crippen molar-refractivity contribution < 1.29 is 14.2 Å². The smallest absolute Gasteiger partial charge is 0.164 e. The van der Waals surface area contributed by atoms with Crippen LogP contribution >= 0.6 is 0 Å². The van der Waals surface area contributed by atoms with Crippen LogP contribution in [0.4, 0.5) is 5.69 Å². The van der Waals surface area contributed by atoms with E-state index in [2.05, 4.69) is 10.6 Å². The van der Waals surface area contributed by atoms with E-state index in [9.17, 15) is 0 Å². The summed E-state index contributed by atoms with van der Waals surface area (Å²) in [4.78, 5) is 0. The van der Waals surface area contributed by atoms with Gasteiger partial charge in [-0.15, -0.1) is 0 Å². The number of anilines is 1. The molecule has 0 aliphatic heterocycles. The van der Waals surface area contributed by atoms with Gasteiger partial charge in [-0.3, -0.25) is 0 Å². The summed E-state index contributed by atoms with van der Waals surface area (Å²) in [6, 6.07) is 3.73. The van der Waals surface area contributed by atoms with Crippen molar-refractivity contribution in [1.29, 1.82) is 0 Å². The van der Waals surface area contributed by atoms with Crippen molar-refractivity contribution in [1.82, 2.24) is 5.32 Å². The third-order valence-corrected chi connectivity index (χ3v) is 2.87. The first-order valence-corrected chi connectivity index (χ1v) is 6.45. The fraction of sp³-hybridized carbons (Fsp3) is 0.571. The summed E-state index contributed by atoms with van der Waals surface area (Å²) >= 11 is 0. The van der Waals surface area contributed by atoms with Gasteiger partial charge in [-0.25, -0.2) is 0 Å². The molecule has 2 N–H and O–H groups in total. The van der Waals surface area contributed by atoms with E-state index in [1.165, 1.54) is 0 Å².